The van der Waals surface area contributed by atoms with Gasteiger partial charge in [0.1, 0.15) is 0 Å². The fourth-order valence-electron chi connectivity index (χ4n) is 3.66. The minimum atomic E-state index is 0.136. The van der Waals surface area contributed by atoms with Crippen LogP contribution in [0.15, 0.2) is 48.5 Å². The number of nitrogens with zero attached hydrogens (tertiary/aromatic N) is 1. The summed E-state index contributed by atoms with van der Waals surface area (Å²) in [6, 6.07) is 16.3. The zero-order valence-electron chi connectivity index (χ0n) is 14.5. The van der Waals surface area contributed by atoms with E-state index in [4.69, 9.17) is 17.3 Å². The first kappa shape index (κ1) is 17.5. The first-order chi connectivity index (χ1) is 12.6. The van der Waals surface area contributed by atoms with Gasteiger partial charge in [0, 0.05) is 29.4 Å². The lowest BCUT2D eigenvalue weighted by molar-refractivity contribution is 0.0718. The molecule has 0 radical (unpaired) electrons. The van der Waals surface area contributed by atoms with E-state index in [-0.39, 0.29) is 5.91 Å². The van der Waals surface area contributed by atoms with Crippen LogP contribution in [0.3, 0.4) is 0 Å². The largest absolute Gasteiger partial charge is 0.338 e. The summed E-state index contributed by atoms with van der Waals surface area (Å²) in [6.45, 7) is 2.16. The highest BCUT2D eigenvalue weighted by Gasteiger charge is 2.25. The fraction of sp³-hybridized carbons (Fsp3) is 0.286. The van der Waals surface area contributed by atoms with Gasteiger partial charge in [-0.3, -0.25) is 4.79 Å². The van der Waals surface area contributed by atoms with E-state index >= 15 is 0 Å². The molecule has 0 aliphatic carbocycles. The Balaban J connectivity index is 1.45. The Morgan fingerprint density at radius 2 is 1.96 bits per heavy atom. The van der Waals surface area contributed by atoms with Crippen LogP contribution in [0.5, 0.6) is 0 Å². The first-order valence-electron chi connectivity index (χ1n) is 8.91. The molecule has 1 aliphatic rings. The number of carbonyl (C=O) groups excluding carboxylic acids is 1. The molecule has 0 spiro atoms. The third kappa shape index (κ3) is 3.50. The summed E-state index contributed by atoms with van der Waals surface area (Å²) in [5.74, 6) is 0.642. The second-order valence-electron chi connectivity index (χ2n) is 6.81. The van der Waals surface area contributed by atoms with Gasteiger partial charge < -0.3 is 10.6 Å². The average molecular weight is 385 g/mol. The molecule has 3 aromatic rings. The summed E-state index contributed by atoms with van der Waals surface area (Å²) in [5.41, 5.74) is 8.27. The molecule has 2 heterocycles. The van der Waals surface area contributed by atoms with Crippen molar-refractivity contribution in [3.8, 4) is 0 Å². The van der Waals surface area contributed by atoms with E-state index in [1.807, 2.05) is 29.2 Å². The third-order valence-electron chi connectivity index (χ3n) is 5.13. The van der Waals surface area contributed by atoms with Crippen molar-refractivity contribution in [2.45, 2.75) is 25.3 Å². The summed E-state index contributed by atoms with van der Waals surface area (Å²) < 4.78 is 1.06. The zero-order chi connectivity index (χ0) is 18.1. The highest BCUT2D eigenvalue weighted by molar-refractivity contribution is 7.20. The molecule has 0 saturated carbocycles. The summed E-state index contributed by atoms with van der Waals surface area (Å²) in [4.78, 5) is 15.7. The van der Waals surface area contributed by atoms with E-state index in [1.165, 1.54) is 22.5 Å². The van der Waals surface area contributed by atoms with Crippen LogP contribution in [0.1, 0.15) is 39.6 Å². The number of amides is 1. The number of carbonyl (C=O) groups is 1. The molecule has 0 bridgehead atoms. The van der Waals surface area contributed by atoms with Gasteiger partial charge in [0.25, 0.3) is 5.91 Å². The number of likely N-dealkylation sites (tertiary alicyclic amines) is 1. The molecule has 0 atom stereocenters. The molecule has 1 saturated heterocycles. The van der Waals surface area contributed by atoms with Crippen molar-refractivity contribution in [3.63, 3.8) is 0 Å². The Bertz CT molecular complexity index is 944. The fourth-order valence-corrected chi connectivity index (χ4v) is 4.96. The molecule has 134 valence electrons. The highest BCUT2D eigenvalue weighted by Crippen LogP contribution is 2.32. The number of hydrogen-bond acceptors (Lipinski definition) is 3. The third-order valence-corrected chi connectivity index (χ3v) is 6.45. The van der Waals surface area contributed by atoms with Crippen LogP contribution in [0.25, 0.3) is 10.1 Å². The molecule has 0 unspecified atom stereocenters. The van der Waals surface area contributed by atoms with E-state index in [0.717, 1.165) is 40.9 Å². The van der Waals surface area contributed by atoms with Crippen molar-refractivity contribution in [1.29, 1.82) is 0 Å². The number of hydrogen-bond donors (Lipinski definition) is 1. The predicted octanol–water partition coefficient (Wildman–Crippen LogP) is 5.03. The number of nitrogens with two attached hydrogens (primary N) is 1. The number of fused-ring (bicyclic) bond motifs is 1. The van der Waals surface area contributed by atoms with E-state index in [2.05, 4.69) is 24.3 Å². The molecule has 4 rings (SSSR count). The minimum absolute atomic E-state index is 0.136. The molecule has 2 aromatic carbocycles. The summed E-state index contributed by atoms with van der Waals surface area (Å²) >= 11 is 7.58. The van der Waals surface area contributed by atoms with Crippen molar-refractivity contribution in [3.05, 3.63) is 69.6 Å². The topological polar surface area (TPSA) is 46.3 Å². The van der Waals surface area contributed by atoms with Crippen molar-refractivity contribution in [1.82, 2.24) is 4.90 Å². The Kier molecular flexibility index (Phi) is 4.98. The number of piperidine rings is 1. The van der Waals surface area contributed by atoms with Gasteiger partial charge in [-0.25, -0.2) is 0 Å². The Morgan fingerprint density at radius 3 is 2.73 bits per heavy atom. The van der Waals surface area contributed by atoms with E-state index in [1.54, 1.807) is 0 Å². The van der Waals surface area contributed by atoms with Crippen LogP contribution in [-0.2, 0) is 6.54 Å². The molecule has 5 heteroatoms. The Morgan fingerprint density at radius 1 is 1.15 bits per heavy atom. The van der Waals surface area contributed by atoms with E-state index in [9.17, 15) is 4.79 Å². The molecular weight excluding hydrogens is 364 g/mol. The van der Waals surface area contributed by atoms with Gasteiger partial charge >= 0.3 is 0 Å². The summed E-state index contributed by atoms with van der Waals surface area (Å²) in [7, 11) is 0. The van der Waals surface area contributed by atoms with Crippen molar-refractivity contribution in [2.75, 3.05) is 13.1 Å². The molecule has 3 nitrogen and oxygen atoms in total. The Hall–Kier alpha value is -1.88. The second kappa shape index (κ2) is 7.39. The van der Waals surface area contributed by atoms with Crippen LogP contribution < -0.4 is 5.73 Å². The SMILES string of the molecule is NCc1cccc(C2CCN(C(=O)c3cc4ccc(Cl)cc4s3)CC2)c1. The summed E-state index contributed by atoms with van der Waals surface area (Å²) in [5, 5.41) is 1.79. The zero-order valence-corrected chi connectivity index (χ0v) is 16.0. The lowest BCUT2D eigenvalue weighted by Crippen LogP contribution is -2.37. The van der Waals surface area contributed by atoms with Gasteiger partial charge in [-0.05, 0) is 53.5 Å². The molecule has 2 N–H and O–H groups in total. The minimum Gasteiger partial charge on any atom is -0.338 e. The lowest BCUT2D eigenvalue weighted by atomic mass is 9.88. The van der Waals surface area contributed by atoms with Gasteiger partial charge in [0.15, 0.2) is 0 Å². The quantitative estimate of drug-likeness (QED) is 0.688. The molecule has 1 amide bonds. The second-order valence-corrected chi connectivity index (χ2v) is 8.33. The maximum atomic E-state index is 12.9. The van der Waals surface area contributed by atoms with Crippen LogP contribution in [-0.4, -0.2) is 23.9 Å². The van der Waals surface area contributed by atoms with Gasteiger partial charge in [-0.2, -0.15) is 0 Å². The number of rotatable bonds is 3. The highest BCUT2D eigenvalue weighted by atomic mass is 35.5. The van der Waals surface area contributed by atoms with Crippen LogP contribution >= 0.6 is 22.9 Å². The maximum Gasteiger partial charge on any atom is 0.263 e. The van der Waals surface area contributed by atoms with E-state index < -0.39 is 0 Å². The number of halogens is 1. The van der Waals surface area contributed by atoms with E-state index in [0.29, 0.717) is 17.5 Å². The smallest absolute Gasteiger partial charge is 0.263 e. The molecule has 1 aliphatic heterocycles. The lowest BCUT2D eigenvalue weighted by Gasteiger charge is -2.32. The molecule has 26 heavy (non-hydrogen) atoms. The van der Waals surface area contributed by atoms with Gasteiger partial charge in [-0.15, -0.1) is 11.3 Å². The average Bonchev–Trinajstić information content (AvgIpc) is 3.10. The molecule has 1 aromatic heterocycles. The van der Waals surface area contributed by atoms with Gasteiger partial charge in [-0.1, -0.05) is 41.9 Å². The van der Waals surface area contributed by atoms with Crippen LogP contribution in [0.2, 0.25) is 5.02 Å². The number of benzene rings is 2. The van der Waals surface area contributed by atoms with Gasteiger partial charge in [0.05, 0.1) is 4.88 Å². The van der Waals surface area contributed by atoms with Crippen molar-refractivity contribution < 1.29 is 4.79 Å². The van der Waals surface area contributed by atoms with Gasteiger partial charge in [0.2, 0.25) is 0 Å². The monoisotopic (exact) mass is 384 g/mol. The Labute approximate surface area is 162 Å². The van der Waals surface area contributed by atoms with Crippen molar-refractivity contribution >= 4 is 38.9 Å². The standard InChI is InChI=1S/C21H21ClN2OS/c22-18-5-4-17-11-20(26-19(17)12-18)21(25)24-8-6-15(7-9-24)16-3-1-2-14(10-16)13-23/h1-5,10-12,15H,6-9,13,23H2. The first-order valence-corrected chi connectivity index (χ1v) is 10.1. The number of thiophene rings is 1. The predicted molar refractivity (Wildman–Crippen MR) is 109 cm³/mol. The van der Waals surface area contributed by atoms with Crippen LogP contribution in [0.4, 0.5) is 0 Å². The normalized spacial score (nSPS) is 15.5. The maximum absolute atomic E-state index is 12.9. The van der Waals surface area contributed by atoms with Crippen molar-refractivity contribution in [2.24, 2.45) is 5.73 Å². The summed E-state index contributed by atoms with van der Waals surface area (Å²) in [6.07, 6.45) is 1.99. The van der Waals surface area contributed by atoms with Crippen LogP contribution in [0, 0.1) is 0 Å². The molecular formula is C21H21ClN2OS. The molecule has 1 fully saturated rings.